The minimum atomic E-state index is 0.992. The highest BCUT2D eigenvalue weighted by Crippen LogP contribution is 2.47. The van der Waals surface area contributed by atoms with Gasteiger partial charge < -0.3 is 9.80 Å². The fourth-order valence-corrected chi connectivity index (χ4v) is 4.49. The average Bonchev–Trinajstić information content (AvgIpc) is 2.68. The quantitative estimate of drug-likeness (QED) is 0.367. The summed E-state index contributed by atoms with van der Waals surface area (Å²) in [6.07, 6.45) is 0. The molecule has 0 aromatic heterocycles. The van der Waals surface area contributed by atoms with Crippen LogP contribution in [0.3, 0.4) is 0 Å². The third kappa shape index (κ3) is 2.85. The molecule has 0 spiro atoms. The molecular formula is C26H36N2. The van der Waals surface area contributed by atoms with Crippen LogP contribution in [0, 0.1) is 41.5 Å². The lowest BCUT2D eigenvalue weighted by atomic mass is 9.86. The topological polar surface area (TPSA) is 6.48 Å². The molecule has 0 radical (unpaired) electrons. The summed E-state index contributed by atoms with van der Waals surface area (Å²) >= 11 is 0. The smallest absolute Gasteiger partial charge is 0.0527 e. The zero-order valence-corrected chi connectivity index (χ0v) is 19.5. The first-order valence-corrected chi connectivity index (χ1v) is 10.5. The summed E-state index contributed by atoms with van der Waals surface area (Å²) in [5, 5.41) is 5.61. The Balaban J connectivity index is 2.78. The number of hydrogen-bond acceptors (Lipinski definition) is 2. The van der Waals surface area contributed by atoms with Gasteiger partial charge in [-0.1, -0.05) is 0 Å². The first-order valence-electron chi connectivity index (χ1n) is 10.5. The number of benzene rings is 3. The van der Waals surface area contributed by atoms with Crippen molar-refractivity contribution in [3.63, 3.8) is 0 Å². The normalized spacial score (nSPS) is 11.5. The highest BCUT2D eigenvalue weighted by Gasteiger charge is 2.23. The van der Waals surface area contributed by atoms with Crippen molar-refractivity contribution in [2.45, 2.75) is 55.4 Å². The van der Waals surface area contributed by atoms with E-state index < -0.39 is 0 Å². The van der Waals surface area contributed by atoms with E-state index in [1.54, 1.807) is 0 Å². The van der Waals surface area contributed by atoms with E-state index in [9.17, 15) is 0 Å². The molecule has 0 saturated heterocycles. The maximum Gasteiger partial charge on any atom is 0.0527 e. The Hall–Kier alpha value is -2.22. The minimum absolute atomic E-state index is 0.992. The summed E-state index contributed by atoms with van der Waals surface area (Å²) in [5.41, 5.74) is 11.2. The van der Waals surface area contributed by atoms with Crippen molar-refractivity contribution < 1.29 is 0 Å². The van der Waals surface area contributed by atoms with Crippen LogP contribution >= 0.6 is 0 Å². The predicted octanol–water partition coefficient (Wildman–Crippen LogP) is 6.76. The van der Waals surface area contributed by atoms with Crippen molar-refractivity contribution in [2.24, 2.45) is 0 Å². The number of anilines is 2. The third-order valence-electron chi connectivity index (χ3n) is 7.02. The maximum absolute atomic E-state index is 2.43. The molecule has 2 nitrogen and oxygen atoms in total. The summed E-state index contributed by atoms with van der Waals surface area (Å²) in [6, 6.07) is 4.81. The first-order chi connectivity index (χ1) is 13.1. The van der Waals surface area contributed by atoms with Crippen LogP contribution in [0.1, 0.15) is 47.2 Å². The maximum atomic E-state index is 2.43. The van der Waals surface area contributed by atoms with Gasteiger partial charge in [-0.2, -0.15) is 0 Å². The Kier molecular flexibility index (Phi) is 5.36. The SMILES string of the molecule is CCN(C)c1c2cc(C)c(C)cc2c(N(C)CC)c2c(C)c(C)c(C)c(C)c12. The molecule has 3 aromatic rings. The van der Waals surface area contributed by atoms with Gasteiger partial charge in [-0.15, -0.1) is 0 Å². The molecule has 0 aliphatic carbocycles. The molecule has 0 fully saturated rings. The molecular weight excluding hydrogens is 340 g/mol. The van der Waals surface area contributed by atoms with Gasteiger partial charge in [0.1, 0.15) is 0 Å². The van der Waals surface area contributed by atoms with E-state index in [0.29, 0.717) is 0 Å². The molecule has 3 rings (SSSR count). The Labute approximate surface area is 171 Å². The number of aryl methyl sites for hydroxylation is 4. The summed E-state index contributed by atoms with van der Waals surface area (Å²) in [5.74, 6) is 0. The molecule has 2 heteroatoms. The van der Waals surface area contributed by atoms with Crippen LogP contribution in [-0.4, -0.2) is 27.2 Å². The summed E-state index contributed by atoms with van der Waals surface area (Å²) in [7, 11) is 4.47. The van der Waals surface area contributed by atoms with Crippen LogP contribution in [0.2, 0.25) is 0 Å². The molecule has 150 valence electrons. The standard InChI is InChI=1S/C26H36N2/c1-11-27(9)25-21-13-15(3)16(4)14-22(21)26(28(10)12-2)24-20(8)18(6)17(5)19(7)23(24)25/h13-14H,11-12H2,1-10H3. The molecule has 0 aliphatic heterocycles. The zero-order chi connectivity index (χ0) is 20.9. The van der Waals surface area contributed by atoms with Crippen LogP contribution < -0.4 is 9.80 Å². The summed E-state index contributed by atoms with van der Waals surface area (Å²) in [4.78, 5) is 4.85. The van der Waals surface area contributed by atoms with E-state index in [4.69, 9.17) is 0 Å². The highest BCUT2D eigenvalue weighted by atomic mass is 15.1. The van der Waals surface area contributed by atoms with Crippen molar-refractivity contribution in [2.75, 3.05) is 37.0 Å². The number of nitrogens with zero attached hydrogens (tertiary/aromatic N) is 2. The first kappa shape index (κ1) is 20.5. The average molecular weight is 377 g/mol. The Bertz CT molecular complexity index is 990. The third-order valence-corrected chi connectivity index (χ3v) is 7.02. The van der Waals surface area contributed by atoms with E-state index in [0.717, 1.165) is 13.1 Å². The molecule has 0 saturated carbocycles. The Morgan fingerprint density at radius 3 is 1.18 bits per heavy atom. The predicted molar refractivity (Wildman–Crippen MR) is 128 cm³/mol. The van der Waals surface area contributed by atoms with Crippen LogP contribution in [0.15, 0.2) is 12.1 Å². The van der Waals surface area contributed by atoms with Crippen molar-refractivity contribution in [3.8, 4) is 0 Å². The fraction of sp³-hybridized carbons (Fsp3) is 0.462. The fourth-order valence-electron chi connectivity index (χ4n) is 4.49. The largest absolute Gasteiger partial charge is 0.374 e. The van der Waals surface area contributed by atoms with Crippen molar-refractivity contribution >= 4 is 32.9 Å². The molecule has 28 heavy (non-hydrogen) atoms. The molecule has 3 aromatic carbocycles. The van der Waals surface area contributed by atoms with Gasteiger partial charge in [-0.05, 0) is 101 Å². The molecule has 0 N–H and O–H groups in total. The van der Waals surface area contributed by atoms with E-state index in [1.807, 2.05) is 0 Å². The highest BCUT2D eigenvalue weighted by molar-refractivity contribution is 6.22. The molecule has 0 heterocycles. The second-order valence-electron chi connectivity index (χ2n) is 8.46. The lowest BCUT2D eigenvalue weighted by Gasteiger charge is -2.31. The van der Waals surface area contributed by atoms with E-state index >= 15 is 0 Å². The van der Waals surface area contributed by atoms with Gasteiger partial charge in [0, 0.05) is 48.7 Å². The van der Waals surface area contributed by atoms with Gasteiger partial charge in [0.05, 0.1) is 11.4 Å². The number of rotatable bonds is 4. The van der Waals surface area contributed by atoms with Crippen LogP contribution in [0.4, 0.5) is 11.4 Å². The Morgan fingerprint density at radius 2 is 0.893 bits per heavy atom. The van der Waals surface area contributed by atoms with Crippen molar-refractivity contribution in [1.29, 1.82) is 0 Å². The van der Waals surface area contributed by atoms with Gasteiger partial charge in [0.15, 0.2) is 0 Å². The molecule has 0 unspecified atom stereocenters. The van der Waals surface area contributed by atoms with Crippen LogP contribution in [0.25, 0.3) is 21.5 Å². The number of hydrogen-bond donors (Lipinski definition) is 0. The van der Waals surface area contributed by atoms with Crippen molar-refractivity contribution in [3.05, 3.63) is 45.5 Å². The van der Waals surface area contributed by atoms with E-state index in [-0.39, 0.29) is 0 Å². The molecule has 0 bridgehead atoms. The van der Waals surface area contributed by atoms with Gasteiger partial charge in [-0.3, -0.25) is 0 Å². The molecule has 0 aliphatic rings. The monoisotopic (exact) mass is 376 g/mol. The van der Waals surface area contributed by atoms with Crippen molar-refractivity contribution in [1.82, 2.24) is 0 Å². The summed E-state index contributed by atoms with van der Waals surface area (Å²) < 4.78 is 0. The lowest BCUT2D eigenvalue weighted by molar-refractivity contribution is 0.970. The van der Waals surface area contributed by atoms with Gasteiger partial charge >= 0.3 is 0 Å². The zero-order valence-electron chi connectivity index (χ0n) is 19.5. The van der Waals surface area contributed by atoms with E-state index in [1.165, 1.54) is 66.3 Å². The van der Waals surface area contributed by atoms with E-state index in [2.05, 4.69) is 91.4 Å². The second-order valence-corrected chi connectivity index (χ2v) is 8.46. The van der Waals surface area contributed by atoms with Gasteiger partial charge in [0.2, 0.25) is 0 Å². The minimum Gasteiger partial charge on any atom is -0.374 e. The number of fused-ring (bicyclic) bond motifs is 2. The van der Waals surface area contributed by atoms with Gasteiger partial charge in [0.25, 0.3) is 0 Å². The summed E-state index contributed by atoms with van der Waals surface area (Å²) in [6.45, 7) is 20.1. The Morgan fingerprint density at radius 1 is 0.571 bits per heavy atom. The molecule has 0 amide bonds. The molecule has 0 atom stereocenters. The van der Waals surface area contributed by atoms with Crippen LogP contribution in [0.5, 0.6) is 0 Å². The second kappa shape index (κ2) is 7.31. The van der Waals surface area contributed by atoms with Crippen LogP contribution in [-0.2, 0) is 0 Å². The lowest BCUT2D eigenvalue weighted by Crippen LogP contribution is -2.21. The van der Waals surface area contributed by atoms with Gasteiger partial charge in [-0.25, -0.2) is 0 Å².